The Morgan fingerprint density at radius 3 is 2.76 bits per heavy atom. The summed E-state index contributed by atoms with van der Waals surface area (Å²) in [6.07, 6.45) is 2.25. The zero-order valence-corrected chi connectivity index (χ0v) is 13.4. The first-order valence-electron chi connectivity index (χ1n) is 7.46. The van der Waals surface area contributed by atoms with E-state index in [4.69, 9.17) is 9.47 Å². The van der Waals surface area contributed by atoms with Gasteiger partial charge in [-0.2, -0.15) is 0 Å². The highest BCUT2D eigenvalue weighted by Gasteiger charge is 2.34. The van der Waals surface area contributed by atoms with Crippen LogP contribution in [0.4, 0.5) is 0 Å². The SMILES string of the molecule is CC[C@@H](C)C(=O)c1c(OC)cc(O)c2c1OC(C)(C)CC2. The lowest BCUT2D eigenvalue weighted by molar-refractivity contribution is 0.0772. The number of ether oxygens (including phenoxy) is 2. The Morgan fingerprint density at radius 1 is 1.52 bits per heavy atom. The van der Waals surface area contributed by atoms with Crippen molar-refractivity contribution in [3.05, 3.63) is 17.2 Å². The summed E-state index contributed by atoms with van der Waals surface area (Å²) in [5.41, 5.74) is 0.824. The molecule has 1 aromatic carbocycles. The van der Waals surface area contributed by atoms with Gasteiger partial charge in [0.2, 0.25) is 0 Å². The van der Waals surface area contributed by atoms with Gasteiger partial charge in [0.1, 0.15) is 28.4 Å². The van der Waals surface area contributed by atoms with Crippen molar-refractivity contribution in [2.45, 2.75) is 52.6 Å². The van der Waals surface area contributed by atoms with E-state index in [0.29, 0.717) is 29.0 Å². The number of rotatable bonds is 4. The lowest BCUT2D eigenvalue weighted by Gasteiger charge is -2.34. The number of phenols is 1. The molecule has 4 heteroatoms. The van der Waals surface area contributed by atoms with Crippen molar-refractivity contribution in [2.75, 3.05) is 7.11 Å². The molecule has 2 rings (SSSR count). The van der Waals surface area contributed by atoms with Gasteiger partial charge in [-0.1, -0.05) is 13.8 Å². The smallest absolute Gasteiger partial charge is 0.173 e. The fourth-order valence-electron chi connectivity index (χ4n) is 2.60. The largest absolute Gasteiger partial charge is 0.507 e. The van der Waals surface area contributed by atoms with Crippen LogP contribution in [0.25, 0.3) is 0 Å². The number of hydrogen-bond acceptors (Lipinski definition) is 4. The van der Waals surface area contributed by atoms with Crippen molar-refractivity contribution in [1.82, 2.24) is 0 Å². The summed E-state index contributed by atoms with van der Waals surface area (Å²) in [5.74, 6) is 0.908. The quantitative estimate of drug-likeness (QED) is 0.859. The molecule has 21 heavy (non-hydrogen) atoms. The maximum atomic E-state index is 12.7. The Balaban J connectivity index is 2.64. The van der Waals surface area contributed by atoms with Gasteiger partial charge in [0.15, 0.2) is 5.78 Å². The third-order valence-electron chi connectivity index (χ3n) is 4.21. The zero-order valence-electron chi connectivity index (χ0n) is 13.4. The van der Waals surface area contributed by atoms with Gasteiger partial charge in [-0.25, -0.2) is 0 Å². The van der Waals surface area contributed by atoms with Gasteiger partial charge in [0.05, 0.1) is 7.11 Å². The Kier molecular flexibility index (Phi) is 4.17. The highest BCUT2D eigenvalue weighted by atomic mass is 16.5. The van der Waals surface area contributed by atoms with Crippen LogP contribution in [-0.2, 0) is 6.42 Å². The van der Waals surface area contributed by atoms with E-state index in [1.165, 1.54) is 13.2 Å². The van der Waals surface area contributed by atoms with Crippen molar-refractivity contribution < 1.29 is 19.4 Å². The topological polar surface area (TPSA) is 55.8 Å². The van der Waals surface area contributed by atoms with Crippen molar-refractivity contribution >= 4 is 5.78 Å². The molecule has 1 N–H and O–H groups in total. The normalized spacial score (nSPS) is 17.6. The first-order chi connectivity index (χ1) is 9.80. The Bertz CT molecular complexity index is 560. The van der Waals surface area contributed by atoms with Gasteiger partial charge in [0.25, 0.3) is 0 Å². The molecule has 0 bridgehead atoms. The number of hydrogen-bond donors (Lipinski definition) is 1. The second kappa shape index (κ2) is 5.58. The Hall–Kier alpha value is -1.71. The number of Topliss-reactive ketones (excluding diaryl/α,β-unsaturated/α-hetero) is 1. The minimum absolute atomic E-state index is 0.00306. The van der Waals surface area contributed by atoms with E-state index in [9.17, 15) is 9.90 Å². The molecule has 0 unspecified atom stereocenters. The summed E-state index contributed by atoms with van der Waals surface area (Å²) in [6.45, 7) is 7.86. The van der Waals surface area contributed by atoms with E-state index in [2.05, 4.69) is 0 Å². The molecule has 4 nitrogen and oxygen atoms in total. The first-order valence-corrected chi connectivity index (χ1v) is 7.46. The van der Waals surface area contributed by atoms with Crippen LogP contribution in [0.1, 0.15) is 56.5 Å². The molecule has 0 radical (unpaired) electrons. The molecule has 0 aliphatic carbocycles. The number of phenolic OH excluding ortho intramolecular Hbond substituents is 1. The number of benzene rings is 1. The van der Waals surface area contributed by atoms with Crippen LogP contribution < -0.4 is 9.47 Å². The number of carbonyl (C=O) groups is 1. The van der Waals surface area contributed by atoms with E-state index >= 15 is 0 Å². The summed E-state index contributed by atoms with van der Waals surface area (Å²) < 4.78 is 11.3. The minimum atomic E-state index is -0.351. The van der Waals surface area contributed by atoms with Crippen LogP contribution in [0, 0.1) is 5.92 Å². The summed E-state index contributed by atoms with van der Waals surface area (Å²) in [4.78, 5) is 12.7. The maximum Gasteiger partial charge on any atom is 0.173 e. The Morgan fingerprint density at radius 2 is 2.19 bits per heavy atom. The van der Waals surface area contributed by atoms with Crippen LogP contribution in [0.2, 0.25) is 0 Å². The average molecular weight is 292 g/mol. The minimum Gasteiger partial charge on any atom is -0.507 e. The molecular formula is C17H24O4. The summed E-state index contributed by atoms with van der Waals surface area (Å²) in [7, 11) is 1.50. The molecule has 1 atom stereocenters. The number of fused-ring (bicyclic) bond motifs is 1. The monoisotopic (exact) mass is 292 g/mol. The molecule has 1 heterocycles. The molecule has 0 spiro atoms. The van der Waals surface area contributed by atoms with Gasteiger partial charge >= 0.3 is 0 Å². The second-order valence-electron chi connectivity index (χ2n) is 6.32. The third kappa shape index (κ3) is 2.85. The fourth-order valence-corrected chi connectivity index (χ4v) is 2.60. The van der Waals surface area contributed by atoms with Crippen LogP contribution in [0.15, 0.2) is 6.07 Å². The van der Waals surface area contributed by atoms with Gasteiger partial charge in [-0.05, 0) is 33.1 Å². The number of ketones is 1. The summed E-state index contributed by atoms with van der Waals surface area (Å²) >= 11 is 0. The van der Waals surface area contributed by atoms with Gasteiger partial charge in [-0.15, -0.1) is 0 Å². The predicted molar refractivity (Wildman–Crippen MR) is 81.5 cm³/mol. The first kappa shape index (κ1) is 15.7. The molecule has 0 amide bonds. The van der Waals surface area contributed by atoms with Gasteiger partial charge < -0.3 is 14.6 Å². The standard InChI is InChI=1S/C17H24O4/c1-6-10(2)15(19)14-13(20-5)9-12(18)11-7-8-17(3,4)21-16(11)14/h9-10,18H,6-8H2,1-5H3/t10-/m1/s1. The number of methoxy groups -OCH3 is 1. The van der Waals surface area contributed by atoms with Crippen LogP contribution in [0.3, 0.4) is 0 Å². The molecule has 1 aromatic rings. The van der Waals surface area contributed by atoms with E-state index in [1.807, 2.05) is 27.7 Å². The summed E-state index contributed by atoms with van der Waals surface area (Å²) in [5, 5.41) is 10.2. The van der Waals surface area contributed by atoms with Crippen molar-refractivity contribution in [2.24, 2.45) is 5.92 Å². The van der Waals surface area contributed by atoms with Crippen LogP contribution in [0.5, 0.6) is 17.2 Å². The van der Waals surface area contributed by atoms with E-state index < -0.39 is 0 Å². The highest BCUT2D eigenvalue weighted by Crippen LogP contribution is 2.45. The molecule has 0 fully saturated rings. The molecule has 1 aliphatic rings. The molecule has 116 valence electrons. The van der Waals surface area contributed by atoms with Gasteiger partial charge in [-0.3, -0.25) is 4.79 Å². The van der Waals surface area contributed by atoms with E-state index in [0.717, 1.165) is 12.8 Å². The lowest BCUT2D eigenvalue weighted by Crippen LogP contribution is -2.34. The molecule has 1 aliphatic heterocycles. The van der Waals surface area contributed by atoms with Gasteiger partial charge in [0, 0.05) is 17.5 Å². The predicted octanol–water partition coefficient (Wildman–Crippen LogP) is 3.73. The molecular weight excluding hydrogens is 268 g/mol. The Labute approximate surface area is 126 Å². The lowest BCUT2D eigenvalue weighted by atomic mass is 9.88. The van der Waals surface area contributed by atoms with E-state index in [-0.39, 0.29) is 23.1 Å². The van der Waals surface area contributed by atoms with Crippen LogP contribution >= 0.6 is 0 Å². The zero-order chi connectivity index (χ0) is 15.8. The average Bonchev–Trinajstić information content (AvgIpc) is 2.44. The number of carbonyl (C=O) groups excluding carboxylic acids is 1. The van der Waals surface area contributed by atoms with E-state index in [1.54, 1.807) is 0 Å². The fraction of sp³-hybridized carbons (Fsp3) is 0.588. The van der Waals surface area contributed by atoms with Crippen LogP contribution in [-0.4, -0.2) is 23.6 Å². The number of aromatic hydroxyl groups is 1. The van der Waals surface area contributed by atoms with Crippen molar-refractivity contribution in [3.63, 3.8) is 0 Å². The molecule has 0 saturated heterocycles. The second-order valence-corrected chi connectivity index (χ2v) is 6.32. The highest BCUT2D eigenvalue weighted by molar-refractivity contribution is 6.03. The maximum absolute atomic E-state index is 12.7. The third-order valence-corrected chi connectivity index (χ3v) is 4.21. The van der Waals surface area contributed by atoms with Crippen molar-refractivity contribution in [1.29, 1.82) is 0 Å². The summed E-state index contributed by atoms with van der Waals surface area (Å²) in [6, 6.07) is 1.52. The molecule has 0 aromatic heterocycles. The van der Waals surface area contributed by atoms with Crippen molar-refractivity contribution in [3.8, 4) is 17.2 Å². The molecule has 0 saturated carbocycles.